The van der Waals surface area contributed by atoms with E-state index in [2.05, 4.69) is 41.4 Å². The number of rotatable bonds is 4. The Bertz CT molecular complexity index is 548. The molecule has 0 bridgehead atoms. The lowest BCUT2D eigenvalue weighted by atomic mass is 9.87. The summed E-state index contributed by atoms with van der Waals surface area (Å²) in [5, 5.41) is 2.84. The average molecular weight is 314 g/mol. The van der Waals surface area contributed by atoms with Crippen molar-refractivity contribution in [1.29, 1.82) is 0 Å². The van der Waals surface area contributed by atoms with Crippen molar-refractivity contribution in [2.45, 2.75) is 51.0 Å². The van der Waals surface area contributed by atoms with Gasteiger partial charge >= 0.3 is 0 Å². The molecule has 4 nitrogen and oxygen atoms in total. The first kappa shape index (κ1) is 16.0. The number of nitrogens with one attached hydrogen (secondary N) is 1. The smallest absolute Gasteiger partial charge is 0.227 e. The lowest BCUT2D eigenvalue weighted by Gasteiger charge is -2.35. The standard InChI is InChI=1S/C19H26N2O2/c1-2-16(14-7-4-3-5-8-14)17-9-6-12-21(17)19(23)15-10-11-18(22)20-13-15/h3-5,7-8,15-17H,2,6,9-13H2,1H3,(H,20,22)/t15-,16+,17-/m0/s1. The molecule has 2 heterocycles. The van der Waals surface area contributed by atoms with E-state index in [0.717, 1.165) is 25.8 Å². The number of carbonyl (C=O) groups is 2. The zero-order valence-corrected chi connectivity index (χ0v) is 13.8. The van der Waals surface area contributed by atoms with Crippen molar-refractivity contribution in [3.05, 3.63) is 35.9 Å². The van der Waals surface area contributed by atoms with Gasteiger partial charge in [0.05, 0.1) is 5.92 Å². The van der Waals surface area contributed by atoms with Gasteiger partial charge in [-0.25, -0.2) is 0 Å². The van der Waals surface area contributed by atoms with E-state index < -0.39 is 0 Å². The zero-order valence-electron chi connectivity index (χ0n) is 13.8. The van der Waals surface area contributed by atoms with E-state index in [9.17, 15) is 9.59 Å². The zero-order chi connectivity index (χ0) is 16.2. The van der Waals surface area contributed by atoms with Crippen molar-refractivity contribution in [3.8, 4) is 0 Å². The third-order valence-electron chi connectivity index (χ3n) is 5.33. The molecule has 0 aliphatic carbocycles. The highest BCUT2D eigenvalue weighted by Gasteiger charge is 2.38. The summed E-state index contributed by atoms with van der Waals surface area (Å²) >= 11 is 0. The van der Waals surface area contributed by atoms with Gasteiger partial charge in [0, 0.05) is 31.5 Å². The molecule has 1 aromatic carbocycles. The normalized spacial score (nSPS) is 26.0. The summed E-state index contributed by atoms with van der Waals surface area (Å²) in [7, 11) is 0. The Morgan fingerprint density at radius 2 is 2.09 bits per heavy atom. The van der Waals surface area contributed by atoms with E-state index in [4.69, 9.17) is 0 Å². The fourth-order valence-corrected chi connectivity index (χ4v) is 4.09. The Hall–Kier alpha value is -1.84. The van der Waals surface area contributed by atoms with Gasteiger partial charge in [-0.3, -0.25) is 9.59 Å². The van der Waals surface area contributed by atoms with Crippen molar-refractivity contribution >= 4 is 11.8 Å². The van der Waals surface area contributed by atoms with Crippen molar-refractivity contribution in [2.75, 3.05) is 13.1 Å². The minimum absolute atomic E-state index is 0.0402. The predicted octanol–water partition coefficient (Wildman–Crippen LogP) is 2.70. The van der Waals surface area contributed by atoms with Crippen LogP contribution in [0.25, 0.3) is 0 Å². The molecule has 0 unspecified atom stereocenters. The number of likely N-dealkylation sites (tertiary alicyclic amines) is 1. The number of hydrogen-bond donors (Lipinski definition) is 1. The first-order chi connectivity index (χ1) is 11.2. The fourth-order valence-electron chi connectivity index (χ4n) is 4.09. The van der Waals surface area contributed by atoms with Gasteiger partial charge in [-0.2, -0.15) is 0 Å². The SMILES string of the molecule is CC[C@H](c1ccccc1)[C@@H]1CCCN1C(=O)[C@H]1CCC(=O)NC1. The Kier molecular flexibility index (Phi) is 4.99. The van der Waals surface area contributed by atoms with E-state index in [-0.39, 0.29) is 17.7 Å². The second-order valence-electron chi connectivity index (χ2n) is 6.71. The molecule has 0 aromatic heterocycles. The summed E-state index contributed by atoms with van der Waals surface area (Å²) in [6.45, 7) is 3.57. The van der Waals surface area contributed by atoms with Crippen LogP contribution in [0.5, 0.6) is 0 Å². The number of hydrogen-bond acceptors (Lipinski definition) is 2. The van der Waals surface area contributed by atoms with Crippen molar-refractivity contribution in [3.63, 3.8) is 0 Å². The molecule has 2 aliphatic heterocycles. The van der Waals surface area contributed by atoms with E-state index in [0.29, 0.717) is 31.3 Å². The number of piperidine rings is 1. The van der Waals surface area contributed by atoms with Gasteiger partial charge in [-0.15, -0.1) is 0 Å². The molecule has 2 fully saturated rings. The molecule has 4 heteroatoms. The number of nitrogens with zero attached hydrogens (tertiary/aromatic N) is 1. The second-order valence-corrected chi connectivity index (χ2v) is 6.71. The van der Waals surface area contributed by atoms with Gasteiger partial charge in [-0.1, -0.05) is 37.3 Å². The molecule has 0 radical (unpaired) electrons. The molecule has 1 N–H and O–H groups in total. The number of benzene rings is 1. The van der Waals surface area contributed by atoms with Crippen LogP contribution in [0.1, 0.15) is 50.5 Å². The first-order valence-electron chi connectivity index (χ1n) is 8.82. The lowest BCUT2D eigenvalue weighted by Crippen LogP contribution is -2.47. The molecule has 3 rings (SSSR count). The van der Waals surface area contributed by atoms with Crippen LogP contribution >= 0.6 is 0 Å². The van der Waals surface area contributed by atoms with Gasteiger partial charge in [-0.05, 0) is 31.2 Å². The second kappa shape index (κ2) is 7.16. The van der Waals surface area contributed by atoms with Crippen LogP contribution in [0.2, 0.25) is 0 Å². The Labute approximate surface area is 138 Å². The molecule has 2 amide bonds. The summed E-state index contributed by atoms with van der Waals surface area (Å²) in [5.41, 5.74) is 1.33. The van der Waals surface area contributed by atoms with Gasteiger partial charge in [0.1, 0.15) is 0 Å². The van der Waals surface area contributed by atoms with Crippen molar-refractivity contribution in [2.24, 2.45) is 5.92 Å². The Morgan fingerprint density at radius 1 is 1.30 bits per heavy atom. The molecule has 0 saturated carbocycles. The molecule has 1 aromatic rings. The third kappa shape index (κ3) is 3.41. The van der Waals surface area contributed by atoms with E-state index in [1.54, 1.807) is 0 Å². The molecule has 2 aliphatic rings. The molecule has 23 heavy (non-hydrogen) atoms. The summed E-state index contributed by atoms with van der Waals surface area (Å²) in [6.07, 6.45) is 4.37. The Morgan fingerprint density at radius 3 is 2.74 bits per heavy atom. The predicted molar refractivity (Wildman–Crippen MR) is 89.9 cm³/mol. The quantitative estimate of drug-likeness (QED) is 0.929. The largest absolute Gasteiger partial charge is 0.355 e. The maximum atomic E-state index is 12.9. The fraction of sp³-hybridized carbons (Fsp3) is 0.579. The monoisotopic (exact) mass is 314 g/mol. The molecule has 3 atom stereocenters. The van der Waals surface area contributed by atoms with Gasteiger partial charge in [0.25, 0.3) is 0 Å². The molecule has 124 valence electrons. The maximum absolute atomic E-state index is 12.9. The van der Waals surface area contributed by atoms with Gasteiger partial charge in [0.2, 0.25) is 11.8 Å². The molecular formula is C19H26N2O2. The van der Waals surface area contributed by atoms with E-state index in [1.807, 2.05) is 6.07 Å². The number of amides is 2. The van der Waals surface area contributed by atoms with Crippen LogP contribution in [-0.4, -0.2) is 35.8 Å². The highest BCUT2D eigenvalue weighted by Crippen LogP contribution is 2.34. The van der Waals surface area contributed by atoms with Crippen LogP contribution in [0.15, 0.2) is 30.3 Å². The van der Waals surface area contributed by atoms with Crippen LogP contribution in [0.3, 0.4) is 0 Å². The topological polar surface area (TPSA) is 49.4 Å². The van der Waals surface area contributed by atoms with Gasteiger partial charge < -0.3 is 10.2 Å². The van der Waals surface area contributed by atoms with Crippen LogP contribution < -0.4 is 5.32 Å². The molecule has 2 saturated heterocycles. The van der Waals surface area contributed by atoms with Crippen LogP contribution in [0.4, 0.5) is 0 Å². The maximum Gasteiger partial charge on any atom is 0.227 e. The first-order valence-corrected chi connectivity index (χ1v) is 8.82. The minimum Gasteiger partial charge on any atom is -0.355 e. The highest BCUT2D eigenvalue weighted by molar-refractivity contribution is 5.84. The Balaban J connectivity index is 1.74. The summed E-state index contributed by atoms with van der Waals surface area (Å²) < 4.78 is 0. The lowest BCUT2D eigenvalue weighted by molar-refractivity contribution is -0.138. The van der Waals surface area contributed by atoms with Gasteiger partial charge in [0.15, 0.2) is 0 Å². The summed E-state index contributed by atoms with van der Waals surface area (Å²) in [5.74, 6) is 0.673. The third-order valence-corrected chi connectivity index (χ3v) is 5.33. The average Bonchev–Trinajstić information content (AvgIpc) is 3.06. The summed E-state index contributed by atoms with van der Waals surface area (Å²) in [6, 6.07) is 10.9. The summed E-state index contributed by atoms with van der Waals surface area (Å²) in [4.78, 5) is 26.4. The van der Waals surface area contributed by atoms with E-state index in [1.165, 1.54) is 5.56 Å². The highest BCUT2D eigenvalue weighted by atomic mass is 16.2. The minimum atomic E-state index is -0.0402. The van der Waals surface area contributed by atoms with Crippen molar-refractivity contribution < 1.29 is 9.59 Å². The van der Waals surface area contributed by atoms with Crippen LogP contribution in [0, 0.1) is 5.92 Å². The van der Waals surface area contributed by atoms with E-state index >= 15 is 0 Å². The van der Waals surface area contributed by atoms with Crippen LogP contribution in [-0.2, 0) is 9.59 Å². The number of carbonyl (C=O) groups excluding carboxylic acids is 2. The molecular weight excluding hydrogens is 288 g/mol. The van der Waals surface area contributed by atoms with Crippen molar-refractivity contribution in [1.82, 2.24) is 10.2 Å². The molecule has 0 spiro atoms.